The zero-order valence-electron chi connectivity index (χ0n) is 11.9. The van der Waals surface area contributed by atoms with E-state index in [0.717, 1.165) is 18.5 Å². The molecule has 0 fully saturated rings. The predicted molar refractivity (Wildman–Crippen MR) is 83.1 cm³/mol. The average molecular weight is 282 g/mol. The molecule has 0 saturated heterocycles. The van der Waals surface area contributed by atoms with Crippen LogP contribution in [0.3, 0.4) is 0 Å². The van der Waals surface area contributed by atoms with Gasteiger partial charge in [-0.2, -0.15) is 0 Å². The van der Waals surface area contributed by atoms with Gasteiger partial charge in [0.15, 0.2) is 0 Å². The van der Waals surface area contributed by atoms with Crippen LogP contribution < -0.4 is 16.2 Å². The summed E-state index contributed by atoms with van der Waals surface area (Å²) in [7, 11) is 0. The minimum Gasteiger partial charge on any atom is -0.323 e. The minimum absolute atomic E-state index is 0.0711. The fourth-order valence-electron chi connectivity index (χ4n) is 2.73. The molecule has 3 N–H and O–H groups in total. The third kappa shape index (κ3) is 2.48. The second-order valence-corrected chi connectivity index (χ2v) is 5.27. The van der Waals surface area contributed by atoms with Crippen molar-refractivity contribution in [3.8, 4) is 0 Å². The molecule has 0 bridgehead atoms. The number of nitrogens with two attached hydrogens (primary N) is 1. The number of pyridine rings is 1. The summed E-state index contributed by atoms with van der Waals surface area (Å²) in [6, 6.07) is 11.7. The van der Waals surface area contributed by atoms with Crippen LogP contribution in [0.15, 0.2) is 42.6 Å². The Morgan fingerprint density at radius 1 is 1.33 bits per heavy atom. The monoisotopic (exact) mass is 282 g/mol. The second kappa shape index (κ2) is 5.54. The maximum Gasteiger partial charge on any atom is 0.277 e. The number of aromatic nitrogens is 1. The number of hydrazine groups is 1. The van der Waals surface area contributed by atoms with Gasteiger partial charge in [0.05, 0.1) is 11.9 Å². The smallest absolute Gasteiger partial charge is 0.277 e. The van der Waals surface area contributed by atoms with E-state index >= 15 is 0 Å². The van der Waals surface area contributed by atoms with E-state index in [9.17, 15) is 4.79 Å². The number of hydrogen-bond acceptors (Lipinski definition) is 4. The Bertz CT molecular complexity index is 654. The van der Waals surface area contributed by atoms with Crippen molar-refractivity contribution in [1.29, 1.82) is 0 Å². The summed E-state index contributed by atoms with van der Waals surface area (Å²) in [5, 5.41) is 0. The summed E-state index contributed by atoms with van der Waals surface area (Å²) >= 11 is 0. The van der Waals surface area contributed by atoms with Crippen LogP contribution in [0.4, 0.5) is 11.4 Å². The minimum atomic E-state index is -0.0711. The van der Waals surface area contributed by atoms with E-state index in [0.29, 0.717) is 11.4 Å². The number of anilines is 2. The Morgan fingerprint density at radius 3 is 2.86 bits per heavy atom. The molecule has 1 aliphatic rings. The second-order valence-electron chi connectivity index (χ2n) is 5.27. The lowest BCUT2D eigenvalue weighted by atomic mass is 9.96. The van der Waals surface area contributed by atoms with Gasteiger partial charge in [0, 0.05) is 11.7 Å². The molecule has 3 rings (SSSR count). The highest BCUT2D eigenvalue weighted by atomic mass is 16.2. The Labute approximate surface area is 123 Å². The van der Waals surface area contributed by atoms with E-state index in [2.05, 4.69) is 23.4 Å². The Hall–Kier alpha value is -2.40. The van der Waals surface area contributed by atoms with Crippen LogP contribution in [0.2, 0.25) is 0 Å². The van der Waals surface area contributed by atoms with Gasteiger partial charge in [0.1, 0.15) is 5.69 Å². The van der Waals surface area contributed by atoms with Gasteiger partial charge in [-0.05, 0) is 43.5 Å². The molecule has 0 saturated carbocycles. The highest BCUT2D eigenvalue weighted by Gasteiger charge is 2.29. The Kier molecular flexibility index (Phi) is 3.58. The van der Waals surface area contributed by atoms with Crippen molar-refractivity contribution in [3.63, 3.8) is 0 Å². The van der Waals surface area contributed by atoms with E-state index < -0.39 is 0 Å². The third-order valence-corrected chi connectivity index (χ3v) is 3.89. The van der Waals surface area contributed by atoms with Crippen LogP contribution in [0.25, 0.3) is 0 Å². The first kappa shape index (κ1) is 13.6. The van der Waals surface area contributed by atoms with Gasteiger partial charge in [-0.25, -0.2) is 4.98 Å². The van der Waals surface area contributed by atoms with Crippen molar-refractivity contribution in [3.05, 3.63) is 53.9 Å². The highest BCUT2D eigenvalue weighted by molar-refractivity contribution is 6.06. The molecule has 1 unspecified atom stereocenters. The SMILES string of the molecule is CC1CCc2ccccc2N1C(=O)c1ccc(NN)cn1. The zero-order valence-corrected chi connectivity index (χ0v) is 11.9. The maximum atomic E-state index is 12.8. The highest BCUT2D eigenvalue weighted by Crippen LogP contribution is 2.31. The fraction of sp³-hybridized carbons (Fsp3) is 0.250. The van der Waals surface area contributed by atoms with E-state index in [1.807, 2.05) is 23.1 Å². The molecule has 5 heteroatoms. The van der Waals surface area contributed by atoms with Crippen molar-refractivity contribution in [2.24, 2.45) is 5.84 Å². The normalized spacial score (nSPS) is 17.2. The first-order chi connectivity index (χ1) is 10.2. The van der Waals surface area contributed by atoms with E-state index in [1.54, 1.807) is 18.3 Å². The standard InChI is InChI=1S/C16H18N4O/c1-11-6-7-12-4-2-3-5-15(12)20(11)16(21)14-9-8-13(19-17)10-18-14/h2-5,8-11,19H,6-7,17H2,1H3. The first-order valence-electron chi connectivity index (χ1n) is 7.05. The zero-order chi connectivity index (χ0) is 14.8. The number of nitrogen functional groups attached to an aromatic ring is 1. The van der Waals surface area contributed by atoms with Gasteiger partial charge in [0.2, 0.25) is 0 Å². The number of para-hydroxylation sites is 1. The van der Waals surface area contributed by atoms with Crippen molar-refractivity contribution in [1.82, 2.24) is 4.98 Å². The lowest BCUT2D eigenvalue weighted by Gasteiger charge is -2.35. The molecule has 1 aromatic carbocycles. The number of hydrogen-bond donors (Lipinski definition) is 2. The lowest BCUT2D eigenvalue weighted by Crippen LogP contribution is -2.42. The predicted octanol–water partition coefficient (Wildman–Crippen LogP) is 2.35. The van der Waals surface area contributed by atoms with Crippen LogP contribution in [0.1, 0.15) is 29.4 Å². The number of aryl methyl sites for hydroxylation is 1. The molecule has 1 aromatic heterocycles. The molecular weight excluding hydrogens is 264 g/mol. The van der Waals surface area contributed by atoms with E-state index in [-0.39, 0.29) is 11.9 Å². The first-order valence-corrected chi connectivity index (χ1v) is 7.05. The van der Waals surface area contributed by atoms with Gasteiger partial charge in [-0.1, -0.05) is 18.2 Å². The van der Waals surface area contributed by atoms with Gasteiger partial charge < -0.3 is 10.3 Å². The molecule has 2 aromatic rings. The molecule has 0 radical (unpaired) electrons. The largest absolute Gasteiger partial charge is 0.323 e. The number of nitrogens with one attached hydrogen (secondary N) is 1. The van der Waals surface area contributed by atoms with Crippen LogP contribution in [0.5, 0.6) is 0 Å². The number of fused-ring (bicyclic) bond motifs is 1. The van der Waals surface area contributed by atoms with E-state index in [1.165, 1.54) is 5.56 Å². The van der Waals surface area contributed by atoms with Crippen LogP contribution in [0, 0.1) is 0 Å². The third-order valence-electron chi connectivity index (χ3n) is 3.89. The fourth-order valence-corrected chi connectivity index (χ4v) is 2.73. The van der Waals surface area contributed by atoms with Gasteiger partial charge in [0.25, 0.3) is 5.91 Å². The van der Waals surface area contributed by atoms with E-state index in [4.69, 9.17) is 5.84 Å². The van der Waals surface area contributed by atoms with Crippen molar-refractivity contribution in [2.75, 3.05) is 10.3 Å². The molecule has 108 valence electrons. The number of nitrogens with zero attached hydrogens (tertiary/aromatic N) is 2. The Balaban J connectivity index is 1.96. The quantitative estimate of drug-likeness (QED) is 0.655. The molecule has 1 aliphatic heterocycles. The number of carbonyl (C=O) groups is 1. The molecular formula is C16H18N4O. The summed E-state index contributed by atoms with van der Waals surface area (Å²) in [5.41, 5.74) is 5.82. The molecule has 1 amide bonds. The van der Waals surface area contributed by atoms with Gasteiger partial charge >= 0.3 is 0 Å². The van der Waals surface area contributed by atoms with Crippen molar-refractivity contribution >= 4 is 17.3 Å². The maximum absolute atomic E-state index is 12.8. The molecule has 0 aliphatic carbocycles. The number of carbonyl (C=O) groups excluding carboxylic acids is 1. The topological polar surface area (TPSA) is 71.2 Å². The molecule has 2 heterocycles. The van der Waals surface area contributed by atoms with Gasteiger partial charge in [-0.15, -0.1) is 0 Å². The molecule has 21 heavy (non-hydrogen) atoms. The number of benzene rings is 1. The Morgan fingerprint density at radius 2 is 2.14 bits per heavy atom. The molecule has 5 nitrogen and oxygen atoms in total. The van der Waals surface area contributed by atoms with Gasteiger partial charge in [-0.3, -0.25) is 10.6 Å². The number of rotatable bonds is 2. The summed E-state index contributed by atoms with van der Waals surface area (Å²) in [4.78, 5) is 18.8. The molecule has 1 atom stereocenters. The summed E-state index contributed by atoms with van der Waals surface area (Å²) < 4.78 is 0. The van der Waals surface area contributed by atoms with Crippen LogP contribution in [-0.4, -0.2) is 16.9 Å². The summed E-state index contributed by atoms with van der Waals surface area (Å²) in [6.07, 6.45) is 3.53. The van der Waals surface area contributed by atoms with Crippen molar-refractivity contribution in [2.45, 2.75) is 25.8 Å². The number of amides is 1. The summed E-state index contributed by atoms with van der Waals surface area (Å²) in [6.45, 7) is 2.07. The average Bonchev–Trinajstić information content (AvgIpc) is 2.54. The summed E-state index contributed by atoms with van der Waals surface area (Å²) in [5.74, 6) is 5.25. The van der Waals surface area contributed by atoms with Crippen LogP contribution >= 0.6 is 0 Å². The molecule has 0 spiro atoms. The lowest BCUT2D eigenvalue weighted by molar-refractivity contribution is 0.0970. The van der Waals surface area contributed by atoms with Crippen molar-refractivity contribution < 1.29 is 4.79 Å². The van der Waals surface area contributed by atoms with Crippen LogP contribution in [-0.2, 0) is 6.42 Å².